The van der Waals surface area contributed by atoms with Crippen molar-refractivity contribution >= 4 is 99.5 Å². The maximum absolute atomic E-state index is 17.4. The number of anilines is 6. The molecule has 11 aromatic carbocycles. The van der Waals surface area contributed by atoms with Gasteiger partial charge in [-0.2, -0.15) is 0 Å². The minimum atomic E-state index is -0.321. The molecule has 0 saturated carbocycles. The lowest BCUT2D eigenvalue weighted by Gasteiger charge is -2.29. The molecule has 0 saturated heterocycles. The molecule has 13 rings (SSSR count). The molecular weight excluding hydrogens is 824 g/mol. The lowest BCUT2D eigenvalue weighted by molar-refractivity contribution is 0.630. The molecule has 0 aliphatic heterocycles. The first kappa shape index (κ1) is 38.5. The number of fused-ring (bicyclic) bond motifs is 11. The van der Waals surface area contributed by atoms with Gasteiger partial charge in [0.1, 0.15) is 22.6 Å². The Bertz CT molecular complexity index is 4000. The maximum Gasteiger partial charge on any atom is 0.159 e. The number of nitrogens with zero attached hydrogens (tertiary/aromatic N) is 2. The quantitative estimate of drug-likeness (QED) is 0.143. The van der Waals surface area contributed by atoms with Gasteiger partial charge in [-0.25, -0.2) is 4.39 Å². The van der Waals surface area contributed by atoms with Gasteiger partial charge in [0.15, 0.2) is 5.58 Å². The Balaban J connectivity index is 1.02. The van der Waals surface area contributed by atoms with Crippen LogP contribution in [0.2, 0.25) is 0 Å². The lowest BCUT2D eigenvalue weighted by Crippen LogP contribution is -2.13. The molecule has 0 N–H and O–H groups in total. The minimum Gasteiger partial charge on any atom is -0.455 e. The molecule has 0 bridgehead atoms. The maximum atomic E-state index is 17.4. The second-order valence-electron chi connectivity index (χ2n) is 16.9. The zero-order valence-electron chi connectivity index (χ0n) is 36.1. The van der Waals surface area contributed by atoms with E-state index in [1.807, 2.05) is 115 Å². The van der Waals surface area contributed by atoms with Gasteiger partial charge in [0, 0.05) is 55.6 Å². The Morgan fingerprint density at radius 2 is 0.866 bits per heavy atom. The number of hydrogen-bond donors (Lipinski definition) is 0. The summed E-state index contributed by atoms with van der Waals surface area (Å²) < 4.78 is 31.0. The van der Waals surface area contributed by atoms with Crippen molar-refractivity contribution < 1.29 is 13.2 Å². The van der Waals surface area contributed by atoms with Gasteiger partial charge >= 0.3 is 0 Å². The second-order valence-corrected chi connectivity index (χ2v) is 16.9. The summed E-state index contributed by atoms with van der Waals surface area (Å²) >= 11 is 0. The molecule has 0 unspecified atom stereocenters. The molecule has 0 fully saturated rings. The SMILES string of the molecule is Fc1cc(-c2ccccc2)cc(-c2ccccc2)c1N(c1ccccc1)c1ccc2c(c1)c1ccccc1c1c3ccc(N(c4ccccc4)c4cccc5c4oc4ccccc45)cc3oc21. The molecule has 2 heterocycles. The average Bonchev–Trinajstić information content (AvgIpc) is 3.98. The van der Waals surface area contributed by atoms with Crippen LogP contribution in [0.5, 0.6) is 0 Å². The molecule has 4 nitrogen and oxygen atoms in total. The number of para-hydroxylation sites is 4. The van der Waals surface area contributed by atoms with E-state index in [0.29, 0.717) is 5.69 Å². The van der Waals surface area contributed by atoms with Crippen molar-refractivity contribution in [2.75, 3.05) is 9.80 Å². The highest BCUT2D eigenvalue weighted by atomic mass is 19.1. The van der Waals surface area contributed by atoms with Gasteiger partial charge in [0.05, 0.1) is 17.1 Å². The van der Waals surface area contributed by atoms with Gasteiger partial charge in [-0.05, 0) is 112 Å². The van der Waals surface area contributed by atoms with Crippen LogP contribution in [0.25, 0.3) is 87.7 Å². The first-order valence-electron chi connectivity index (χ1n) is 22.5. The van der Waals surface area contributed by atoms with E-state index in [-0.39, 0.29) is 5.82 Å². The van der Waals surface area contributed by atoms with E-state index in [2.05, 4.69) is 125 Å². The van der Waals surface area contributed by atoms with E-state index in [1.165, 1.54) is 0 Å². The van der Waals surface area contributed by atoms with Gasteiger partial charge in [-0.3, -0.25) is 0 Å². The summed E-state index contributed by atoms with van der Waals surface area (Å²) in [5, 5.41) is 8.35. The molecule has 316 valence electrons. The van der Waals surface area contributed by atoms with E-state index in [0.717, 1.165) is 116 Å². The van der Waals surface area contributed by atoms with Gasteiger partial charge in [-0.1, -0.05) is 152 Å². The third-order valence-corrected chi connectivity index (χ3v) is 13.1. The molecular formula is C62H39FN2O2. The summed E-state index contributed by atoms with van der Waals surface area (Å²) in [6, 6.07) is 80.3. The lowest BCUT2D eigenvalue weighted by atomic mass is 9.94. The van der Waals surface area contributed by atoms with Crippen LogP contribution < -0.4 is 9.80 Å². The Morgan fingerprint density at radius 1 is 0.313 bits per heavy atom. The molecule has 0 radical (unpaired) electrons. The largest absolute Gasteiger partial charge is 0.455 e. The fourth-order valence-corrected chi connectivity index (χ4v) is 10.1. The highest BCUT2D eigenvalue weighted by molar-refractivity contribution is 6.30. The number of rotatable bonds is 8. The highest BCUT2D eigenvalue weighted by Gasteiger charge is 2.26. The molecule has 0 aliphatic carbocycles. The first-order valence-corrected chi connectivity index (χ1v) is 22.5. The van der Waals surface area contributed by atoms with Gasteiger partial charge in [-0.15, -0.1) is 0 Å². The predicted octanol–water partition coefficient (Wildman–Crippen LogP) is 18.2. The van der Waals surface area contributed by atoms with E-state index in [4.69, 9.17) is 8.83 Å². The third-order valence-electron chi connectivity index (χ3n) is 13.1. The summed E-state index contributed by atoms with van der Waals surface area (Å²) in [6.07, 6.45) is 0. The zero-order valence-corrected chi connectivity index (χ0v) is 36.1. The van der Waals surface area contributed by atoms with Crippen molar-refractivity contribution in [1.82, 2.24) is 0 Å². The van der Waals surface area contributed by atoms with E-state index < -0.39 is 0 Å². The number of furan rings is 2. The predicted molar refractivity (Wildman–Crippen MR) is 276 cm³/mol. The van der Waals surface area contributed by atoms with Crippen molar-refractivity contribution in [1.29, 1.82) is 0 Å². The summed E-state index contributed by atoms with van der Waals surface area (Å²) in [6.45, 7) is 0. The summed E-state index contributed by atoms with van der Waals surface area (Å²) in [4.78, 5) is 4.30. The van der Waals surface area contributed by atoms with E-state index in [9.17, 15) is 0 Å². The number of hydrogen-bond acceptors (Lipinski definition) is 4. The Hall–Kier alpha value is -8.93. The topological polar surface area (TPSA) is 32.8 Å². The number of halogens is 1. The highest BCUT2D eigenvalue weighted by Crippen LogP contribution is 2.49. The van der Waals surface area contributed by atoms with Crippen LogP contribution in [0.1, 0.15) is 0 Å². The van der Waals surface area contributed by atoms with Gasteiger partial charge < -0.3 is 18.6 Å². The summed E-state index contributed by atoms with van der Waals surface area (Å²) in [5.41, 5.74) is 11.7. The fraction of sp³-hybridized carbons (Fsp3) is 0. The van der Waals surface area contributed by atoms with Crippen LogP contribution in [0, 0.1) is 5.82 Å². The van der Waals surface area contributed by atoms with Crippen molar-refractivity contribution in [2.24, 2.45) is 0 Å². The fourth-order valence-electron chi connectivity index (χ4n) is 10.1. The first-order chi connectivity index (χ1) is 33.2. The second kappa shape index (κ2) is 15.7. The monoisotopic (exact) mass is 862 g/mol. The van der Waals surface area contributed by atoms with Crippen molar-refractivity contribution in [3.63, 3.8) is 0 Å². The molecule has 0 aliphatic rings. The number of benzene rings is 11. The molecule has 0 spiro atoms. The smallest absolute Gasteiger partial charge is 0.159 e. The van der Waals surface area contributed by atoms with Crippen LogP contribution in [0.3, 0.4) is 0 Å². The molecule has 0 amide bonds. The van der Waals surface area contributed by atoms with Crippen LogP contribution in [0.15, 0.2) is 245 Å². The summed E-state index contributed by atoms with van der Waals surface area (Å²) in [5.74, 6) is -0.321. The van der Waals surface area contributed by atoms with Crippen molar-refractivity contribution in [3.05, 3.63) is 242 Å². The minimum absolute atomic E-state index is 0.321. The molecule has 67 heavy (non-hydrogen) atoms. The van der Waals surface area contributed by atoms with Crippen LogP contribution in [-0.2, 0) is 0 Å². The Morgan fingerprint density at radius 3 is 1.60 bits per heavy atom. The van der Waals surface area contributed by atoms with Crippen LogP contribution >= 0.6 is 0 Å². The Kier molecular flexibility index (Phi) is 9.00. The standard InChI is InChI=1S/C62H39FN2O2/c63-55-37-42(40-18-5-1-6-19-40)36-53(41-20-7-2-8-21-41)60(55)65(44-24-11-4-12-25-44)45-32-34-51-54(38-45)47-26-13-14-28-49(47)59-52-35-33-46(39-58(52)67-62(51)59)64(43-22-9-3-10-23-43)56-30-17-29-50-48-27-15-16-31-57(48)66-61(50)56/h1-39H. The van der Waals surface area contributed by atoms with Gasteiger partial charge in [0.25, 0.3) is 0 Å². The van der Waals surface area contributed by atoms with E-state index >= 15 is 4.39 Å². The van der Waals surface area contributed by atoms with Crippen LogP contribution in [0.4, 0.5) is 38.5 Å². The normalized spacial score (nSPS) is 11.7. The summed E-state index contributed by atoms with van der Waals surface area (Å²) in [7, 11) is 0. The van der Waals surface area contributed by atoms with Gasteiger partial charge in [0.2, 0.25) is 0 Å². The zero-order chi connectivity index (χ0) is 44.4. The molecule has 2 aromatic heterocycles. The van der Waals surface area contributed by atoms with E-state index in [1.54, 1.807) is 6.07 Å². The molecule has 5 heteroatoms. The third kappa shape index (κ3) is 6.35. The van der Waals surface area contributed by atoms with Crippen LogP contribution in [-0.4, -0.2) is 0 Å². The average molecular weight is 863 g/mol. The molecule has 13 aromatic rings. The van der Waals surface area contributed by atoms with Crippen molar-refractivity contribution in [2.45, 2.75) is 0 Å². The Labute approximate surface area is 385 Å². The van der Waals surface area contributed by atoms with Crippen molar-refractivity contribution in [3.8, 4) is 22.3 Å². The molecule has 0 atom stereocenters.